The highest BCUT2D eigenvalue weighted by Gasteiger charge is 2.26. The van der Waals surface area contributed by atoms with Crippen LogP contribution in [0, 0.1) is 5.41 Å². The summed E-state index contributed by atoms with van der Waals surface area (Å²) in [6.07, 6.45) is 0.602. The molecule has 10 heteroatoms. The van der Waals surface area contributed by atoms with Gasteiger partial charge in [-0.1, -0.05) is 54.1 Å². The lowest BCUT2D eigenvalue weighted by Crippen LogP contribution is -2.40. The number of sulfone groups is 1. The molecule has 0 aromatic heterocycles. The average molecular weight is 529 g/mol. The lowest BCUT2D eigenvalue weighted by atomic mass is 10.1. The third-order valence-electron chi connectivity index (χ3n) is 5.58. The van der Waals surface area contributed by atoms with Crippen molar-refractivity contribution in [1.29, 1.82) is 5.41 Å². The zero-order chi connectivity index (χ0) is 26.3. The number of carbonyl (C=O) groups excluding carboxylic acids is 1. The van der Waals surface area contributed by atoms with Gasteiger partial charge in [-0.3, -0.25) is 10.2 Å². The van der Waals surface area contributed by atoms with Crippen molar-refractivity contribution < 1.29 is 17.9 Å². The highest BCUT2D eigenvalue weighted by molar-refractivity contribution is 7.91. The van der Waals surface area contributed by atoms with Gasteiger partial charge in [0.1, 0.15) is 17.5 Å². The third-order valence-corrected chi connectivity index (χ3v) is 7.67. The lowest BCUT2D eigenvalue weighted by molar-refractivity contribution is -0.118. The van der Waals surface area contributed by atoms with Gasteiger partial charge in [-0.15, -0.1) is 0 Å². The van der Waals surface area contributed by atoms with Crippen LogP contribution in [0.3, 0.4) is 0 Å². The topological polar surface area (TPSA) is 140 Å². The largest absolute Gasteiger partial charge is 0.493 e. The van der Waals surface area contributed by atoms with Crippen LogP contribution in [0.25, 0.3) is 0 Å². The number of hydrogen-bond acceptors (Lipinski definition) is 6. The predicted octanol–water partition coefficient (Wildman–Crippen LogP) is 3.75. The average Bonchev–Trinajstić information content (AvgIpc) is 2.83. The number of nitrogens with two attached hydrogens (primary N) is 2. The molecule has 1 atom stereocenters. The van der Waals surface area contributed by atoms with E-state index in [1.165, 1.54) is 12.1 Å². The highest BCUT2D eigenvalue weighted by atomic mass is 35.5. The molecule has 36 heavy (non-hydrogen) atoms. The number of nitrogens with one attached hydrogen (secondary N) is 1. The maximum atomic E-state index is 13.2. The van der Waals surface area contributed by atoms with Crippen molar-refractivity contribution in [2.75, 3.05) is 17.4 Å². The van der Waals surface area contributed by atoms with E-state index >= 15 is 0 Å². The van der Waals surface area contributed by atoms with Crippen molar-refractivity contribution in [2.45, 2.75) is 30.7 Å². The zero-order valence-electron chi connectivity index (χ0n) is 19.9. The molecule has 0 bridgehead atoms. The summed E-state index contributed by atoms with van der Waals surface area (Å²) in [6.45, 7) is 2.13. The number of halogens is 1. The van der Waals surface area contributed by atoms with E-state index < -0.39 is 27.7 Å². The first-order valence-electron chi connectivity index (χ1n) is 11.3. The molecule has 1 unspecified atom stereocenters. The number of anilines is 1. The number of amidine groups is 1. The highest BCUT2D eigenvalue weighted by Crippen LogP contribution is 2.28. The Morgan fingerprint density at radius 3 is 2.39 bits per heavy atom. The van der Waals surface area contributed by atoms with Crippen molar-refractivity contribution in [3.05, 3.63) is 88.9 Å². The zero-order valence-corrected chi connectivity index (χ0v) is 21.4. The van der Waals surface area contributed by atoms with Crippen LogP contribution in [0.15, 0.2) is 77.7 Å². The van der Waals surface area contributed by atoms with Gasteiger partial charge in [-0.25, -0.2) is 8.42 Å². The monoisotopic (exact) mass is 528 g/mol. The van der Waals surface area contributed by atoms with E-state index in [2.05, 4.69) is 0 Å². The summed E-state index contributed by atoms with van der Waals surface area (Å²) in [6, 6.07) is 20.1. The Hall–Kier alpha value is -3.56. The second kappa shape index (κ2) is 11.9. The fourth-order valence-corrected chi connectivity index (χ4v) is 5.75. The summed E-state index contributed by atoms with van der Waals surface area (Å²) in [5.74, 6) is -0.358. The number of carbonyl (C=O) groups is 1. The second-order valence-corrected chi connectivity index (χ2v) is 10.7. The molecule has 5 N–H and O–H groups in total. The van der Waals surface area contributed by atoms with Crippen molar-refractivity contribution in [2.24, 2.45) is 11.5 Å². The van der Waals surface area contributed by atoms with Crippen LogP contribution in [-0.2, 0) is 21.1 Å². The minimum Gasteiger partial charge on any atom is -0.493 e. The van der Waals surface area contributed by atoms with E-state index in [9.17, 15) is 13.2 Å². The van der Waals surface area contributed by atoms with E-state index in [0.717, 1.165) is 5.56 Å². The molecular weight excluding hydrogens is 500 g/mol. The molecule has 0 saturated heterocycles. The smallest absolute Gasteiger partial charge is 0.219 e. The number of amides is 1. The SMILES string of the molecule is CC(CC(N)=O)N(CS(=O)(=O)c1ccccc1Cl)c1cccc(OCCc2ccc(C(=N)N)cc2)c1. The molecule has 0 aliphatic carbocycles. The van der Waals surface area contributed by atoms with Crippen molar-refractivity contribution in [1.82, 2.24) is 0 Å². The van der Waals surface area contributed by atoms with Crippen LogP contribution in [-0.4, -0.2) is 38.7 Å². The quantitative estimate of drug-likeness (QED) is 0.241. The van der Waals surface area contributed by atoms with Crippen molar-refractivity contribution in [3.63, 3.8) is 0 Å². The normalized spacial score (nSPS) is 12.1. The van der Waals surface area contributed by atoms with Gasteiger partial charge >= 0.3 is 0 Å². The number of hydrogen-bond donors (Lipinski definition) is 3. The summed E-state index contributed by atoms with van der Waals surface area (Å²) >= 11 is 6.15. The molecule has 190 valence electrons. The number of nitrogen functional groups attached to an aromatic ring is 1. The van der Waals surface area contributed by atoms with Crippen LogP contribution in [0.1, 0.15) is 24.5 Å². The molecule has 3 aromatic carbocycles. The van der Waals surface area contributed by atoms with Gasteiger partial charge in [-0.05, 0) is 36.8 Å². The number of nitrogens with zero attached hydrogens (tertiary/aromatic N) is 1. The summed E-state index contributed by atoms with van der Waals surface area (Å²) in [7, 11) is -3.82. The van der Waals surface area contributed by atoms with Crippen LogP contribution >= 0.6 is 11.6 Å². The molecule has 0 aliphatic heterocycles. The number of rotatable bonds is 12. The summed E-state index contributed by atoms with van der Waals surface area (Å²) in [5.41, 5.74) is 13.2. The lowest BCUT2D eigenvalue weighted by Gasteiger charge is -2.31. The Kier molecular flexibility index (Phi) is 8.95. The van der Waals surface area contributed by atoms with Gasteiger partial charge in [0.05, 0.1) is 16.5 Å². The summed E-state index contributed by atoms with van der Waals surface area (Å²) < 4.78 is 32.3. The molecule has 0 spiro atoms. The number of ether oxygens (including phenoxy) is 1. The second-order valence-electron chi connectivity index (χ2n) is 8.37. The van der Waals surface area contributed by atoms with E-state index in [4.69, 9.17) is 33.2 Å². The van der Waals surface area contributed by atoms with Crippen molar-refractivity contribution in [3.8, 4) is 5.75 Å². The molecule has 0 heterocycles. The Bertz CT molecular complexity index is 1330. The first kappa shape index (κ1) is 27.0. The minimum absolute atomic E-state index is 0.0151. The van der Waals surface area contributed by atoms with Gasteiger partial charge < -0.3 is 21.1 Å². The Balaban J connectivity index is 1.78. The Morgan fingerprint density at radius 2 is 1.75 bits per heavy atom. The van der Waals surface area contributed by atoms with E-state index in [0.29, 0.717) is 30.0 Å². The standard InChI is InChI=1S/C26H29ClN4O4S/c1-18(15-25(28)32)31(17-36(33,34)24-8-3-2-7-23(24)27)21-5-4-6-22(16-21)35-14-13-19-9-11-20(12-10-19)26(29)30/h2-12,16,18H,13-15,17H2,1H3,(H2,28,32)(H3,29,30). The first-order valence-corrected chi connectivity index (χ1v) is 13.3. The Morgan fingerprint density at radius 1 is 1.06 bits per heavy atom. The summed E-state index contributed by atoms with van der Waals surface area (Å²) in [4.78, 5) is 13.2. The van der Waals surface area contributed by atoms with E-state index in [-0.39, 0.29) is 22.2 Å². The third kappa shape index (κ3) is 7.22. The van der Waals surface area contributed by atoms with Crippen LogP contribution in [0.5, 0.6) is 5.75 Å². The molecule has 3 aromatic rings. The molecule has 8 nitrogen and oxygen atoms in total. The van der Waals surface area contributed by atoms with Gasteiger partial charge in [0.15, 0.2) is 9.84 Å². The first-order chi connectivity index (χ1) is 17.1. The molecule has 0 fully saturated rings. The van der Waals surface area contributed by atoms with Gasteiger partial charge in [0.25, 0.3) is 0 Å². The van der Waals surface area contributed by atoms with Crippen LogP contribution < -0.4 is 21.1 Å². The maximum Gasteiger partial charge on any atom is 0.219 e. The van der Waals surface area contributed by atoms with Crippen LogP contribution in [0.4, 0.5) is 5.69 Å². The Labute approximate surface area is 216 Å². The molecule has 1 amide bonds. The molecule has 0 radical (unpaired) electrons. The van der Waals surface area contributed by atoms with Crippen molar-refractivity contribution >= 4 is 38.9 Å². The number of primary amides is 1. The molecular formula is C26H29ClN4O4S. The minimum atomic E-state index is -3.82. The van der Waals surface area contributed by atoms with Crippen LogP contribution in [0.2, 0.25) is 5.02 Å². The predicted molar refractivity (Wildman–Crippen MR) is 142 cm³/mol. The molecule has 0 saturated carbocycles. The number of benzene rings is 3. The molecule has 0 aliphatic rings. The van der Waals surface area contributed by atoms with Gasteiger partial charge in [0.2, 0.25) is 5.91 Å². The van der Waals surface area contributed by atoms with Gasteiger partial charge in [-0.2, -0.15) is 0 Å². The van der Waals surface area contributed by atoms with E-state index in [1.54, 1.807) is 60.4 Å². The summed E-state index contributed by atoms with van der Waals surface area (Å²) in [5, 5.41) is 7.60. The fraction of sp³-hybridized carbons (Fsp3) is 0.231. The maximum absolute atomic E-state index is 13.2. The molecule has 3 rings (SSSR count). The fourth-order valence-electron chi connectivity index (χ4n) is 3.70. The van der Waals surface area contributed by atoms with E-state index in [1.807, 2.05) is 12.1 Å². The van der Waals surface area contributed by atoms with Gasteiger partial charge in [0, 0.05) is 36.2 Å².